The number of halogens is 3. The number of nitrogens with zero attached hydrogens (tertiary/aromatic N) is 1. The molecule has 1 amide bonds. The molecule has 0 bridgehead atoms. The SMILES string of the molecule is Cc1ccc(N[C@H](C)C(=O)Nc2nc(Br)sc2Cc2cc(Cl)ccc2Cl)cc1. The molecule has 1 aromatic heterocycles. The van der Waals surface area contributed by atoms with Gasteiger partial charge in [0.15, 0.2) is 3.92 Å². The van der Waals surface area contributed by atoms with Crippen molar-refractivity contribution < 1.29 is 4.79 Å². The van der Waals surface area contributed by atoms with Crippen LogP contribution in [0.1, 0.15) is 22.9 Å². The van der Waals surface area contributed by atoms with Gasteiger partial charge in [-0.3, -0.25) is 4.79 Å². The lowest BCUT2D eigenvalue weighted by Crippen LogP contribution is -2.32. The Bertz CT molecular complexity index is 992. The van der Waals surface area contributed by atoms with Crippen LogP contribution in [-0.4, -0.2) is 16.9 Å². The summed E-state index contributed by atoms with van der Waals surface area (Å²) in [4.78, 5) is 17.9. The summed E-state index contributed by atoms with van der Waals surface area (Å²) in [5, 5.41) is 7.34. The highest BCUT2D eigenvalue weighted by molar-refractivity contribution is 9.11. The Morgan fingerprint density at radius 3 is 2.64 bits per heavy atom. The van der Waals surface area contributed by atoms with Crippen LogP contribution in [0.5, 0.6) is 0 Å². The van der Waals surface area contributed by atoms with E-state index in [0.29, 0.717) is 26.2 Å². The monoisotopic (exact) mass is 497 g/mol. The summed E-state index contributed by atoms with van der Waals surface area (Å²) < 4.78 is 0.690. The number of rotatable bonds is 6. The van der Waals surface area contributed by atoms with Gasteiger partial charge in [-0.25, -0.2) is 4.98 Å². The number of aromatic nitrogens is 1. The fourth-order valence-electron chi connectivity index (χ4n) is 2.58. The van der Waals surface area contributed by atoms with E-state index in [1.54, 1.807) is 12.1 Å². The van der Waals surface area contributed by atoms with Crippen LogP contribution in [-0.2, 0) is 11.2 Å². The minimum Gasteiger partial charge on any atom is -0.374 e. The molecular weight excluding hydrogens is 481 g/mol. The smallest absolute Gasteiger partial charge is 0.247 e. The summed E-state index contributed by atoms with van der Waals surface area (Å²) in [5.41, 5.74) is 2.93. The van der Waals surface area contributed by atoms with Gasteiger partial charge in [-0.2, -0.15) is 0 Å². The normalized spacial score (nSPS) is 11.9. The van der Waals surface area contributed by atoms with Crippen molar-refractivity contribution in [3.63, 3.8) is 0 Å². The molecule has 1 heterocycles. The van der Waals surface area contributed by atoms with E-state index in [0.717, 1.165) is 16.1 Å². The van der Waals surface area contributed by atoms with Crippen molar-refractivity contribution in [2.45, 2.75) is 26.3 Å². The maximum Gasteiger partial charge on any atom is 0.247 e. The van der Waals surface area contributed by atoms with Gasteiger partial charge in [0.1, 0.15) is 11.9 Å². The molecule has 0 saturated heterocycles. The molecule has 28 heavy (non-hydrogen) atoms. The van der Waals surface area contributed by atoms with Crippen molar-refractivity contribution in [2.75, 3.05) is 10.6 Å². The van der Waals surface area contributed by atoms with Gasteiger partial charge in [0.25, 0.3) is 0 Å². The van der Waals surface area contributed by atoms with E-state index < -0.39 is 6.04 Å². The number of hydrogen-bond donors (Lipinski definition) is 2. The van der Waals surface area contributed by atoms with E-state index in [-0.39, 0.29) is 5.91 Å². The number of carbonyl (C=O) groups excluding carboxylic acids is 1. The van der Waals surface area contributed by atoms with Gasteiger partial charge in [0.2, 0.25) is 5.91 Å². The van der Waals surface area contributed by atoms with Crippen molar-refractivity contribution in [3.8, 4) is 0 Å². The summed E-state index contributed by atoms with van der Waals surface area (Å²) in [6.45, 7) is 3.83. The number of benzene rings is 2. The summed E-state index contributed by atoms with van der Waals surface area (Å²) in [6, 6.07) is 12.8. The lowest BCUT2D eigenvalue weighted by molar-refractivity contribution is -0.116. The molecule has 0 radical (unpaired) electrons. The minimum absolute atomic E-state index is 0.170. The van der Waals surface area contributed by atoms with Crippen LogP contribution in [0.15, 0.2) is 46.4 Å². The topological polar surface area (TPSA) is 54.0 Å². The first kappa shape index (κ1) is 21.1. The highest BCUT2D eigenvalue weighted by Gasteiger charge is 2.18. The molecule has 3 rings (SSSR count). The third-order valence-electron chi connectivity index (χ3n) is 4.10. The molecule has 8 heteroatoms. The molecule has 3 aromatic rings. The Hall–Kier alpha value is -1.60. The first-order valence-corrected chi connectivity index (χ1v) is 10.9. The van der Waals surface area contributed by atoms with E-state index in [1.807, 2.05) is 44.2 Å². The van der Waals surface area contributed by atoms with E-state index >= 15 is 0 Å². The zero-order chi connectivity index (χ0) is 20.3. The fraction of sp³-hybridized carbons (Fsp3) is 0.200. The third kappa shape index (κ3) is 5.47. The molecule has 4 nitrogen and oxygen atoms in total. The first-order valence-electron chi connectivity index (χ1n) is 8.55. The predicted molar refractivity (Wildman–Crippen MR) is 122 cm³/mol. The summed E-state index contributed by atoms with van der Waals surface area (Å²) in [7, 11) is 0. The van der Waals surface area contributed by atoms with E-state index in [4.69, 9.17) is 23.2 Å². The molecule has 1 atom stereocenters. The number of hydrogen-bond acceptors (Lipinski definition) is 4. The Labute approximate surface area is 186 Å². The molecule has 0 aliphatic heterocycles. The average molecular weight is 499 g/mol. The number of aryl methyl sites for hydroxylation is 1. The number of nitrogens with one attached hydrogen (secondary N) is 2. The van der Waals surface area contributed by atoms with Crippen molar-refractivity contribution in [1.82, 2.24) is 4.98 Å². The van der Waals surface area contributed by atoms with Crippen LogP contribution in [0.25, 0.3) is 0 Å². The molecule has 0 aliphatic carbocycles. The van der Waals surface area contributed by atoms with Gasteiger partial charge < -0.3 is 10.6 Å². The summed E-state index contributed by atoms with van der Waals surface area (Å²) in [5.74, 6) is 0.354. The maximum absolute atomic E-state index is 12.6. The Balaban J connectivity index is 1.72. The molecule has 0 spiro atoms. The lowest BCUT2D eigenvalue weighted by atomic mass is 10.1. The Morgan fingerprint density at radius 2 is 1.93 bits per heavy atom. The van der Waals surface area contributed by atoms with Crippen molar-refractivity contribution in [3.05, 3.63) is 72.4 Å². The van der Waals surface area contributed by atoms with Gasteiger partial charge in [-0.15, -0.1) is 11.3 Å². The number of amides is 1. The highest BCUT2D eigenvalue weighted by Crippen LogP contribution is 2.32. The van der Waals surface area contributed by atoms with Gasteiger partial charge in [-0.05, 0) is 65.7 Å². The van der Waals surface area contributed by atoms with Crippen molar-refractivity contribution in [1.29, 1.82) is 0 Å². The third-order valence-corrected chi connectivity index (χ3v) is 6.21. The lowest BCUT2D eigenvalue weighted by Gasteiger charge is -2.15. The first-order chi connectivity index (χ1) is 13.3. The van der Waals surface area contributed by atoms with Gasteiger partial charge >= 0.3 is 0 Å². The van der Waals surface area contributed by atoms with Crippen LogP contribution < -0.4 is 10.6 Å². The fourth-order valence-corrected chi connectivity index (χ4v) is 4.49. The number of anilines is 2. The zero-order valence-electron chi connectivity index (χ0n) is 15.2. The van der Waals surface area contributed by atoms with Crippen LogP contribution in [0.2, 0.25) is 10.0 Å². The second-order valence-corrected chi connectivity index (χ2v) is 9.58. The predicted octanol–water partition coefficient (Wildman–Crippen LogP) is 6.55. The van der Waals surface area contributed by atoms with Crippen molar-refractivity contribution >= 4 is 67.9 Å². The van der Waals surface area contributed by atoms with E-state index in [1.165, 1.54) is 16.9 Å². The highest BCUT2D eigenvalue weighted by atomic mass is 79.9. The van der Waals surface area contributed by atoms with Gasteiger partial charge in [0.05, 0.1) is 4.88 Å². The average Bonchev–Trinajstić information content (AvgIpc) is 2.99. The molecule has 146 valence electrons. The number of thiazole rings is 1. The maximum atomic E-state index is 12.6. The molecule has 2 N–H and O–H groups in total. The minimum atomic E-state index is -0.425. The quantitative estimate of drug-likeness (QED) is 0.405. The Morgan fingerprint density at radius 1 is 1.21 bits per heavy atom. The van der Waals surface area contributed by atoms with Crippen LogP contribution in [0, 0.1) is 6.92 Å². The van der Waals surface area contributed by atoms with E-state index in [2.05, 4.69) is 31.5 Å². The largest absolute Gasteiger partial charge is 0.374 e. The van der Waals surface area contributed by atoms with Crippen molar-refractivity contribution in [2.24, 2.45) is 0 Å². The molecule has 0 fully saturated rings. The number of carbonyl (C=O) groups is 1. The molecule has 0 unspecified atom stereocenters. The second kappa shape index (κ2) is 9.27. The van der Waals surface area contributed by atoms with Gasteiger partial charge in [-0.1, -0.05) is 40.9 Å². The second-order valence-electron chi connectivity index (χ2n) is 6.37. The van der Waals surface area contributed by atoms with Gasteiger partial charge in [0, 0.05) is 22.2 Å². The van der Waals surface area contributed by atoms with Crippen LogP contribution in [0.4, 0.5) is 11.5 Å². The van der Waals surface area contributed by atoms with E-state index in [9.17, 15) is 4.79 Å². The molecule has 2 aromatic carbocycles. The summed E-state index contributed by atoms with van der Waals surface area (Å²) >= 11 is 17.2. The Kier molecular flexibility index (Phi) is 6.99. The standard InChI is InChI=1S/C20H18BrCl2N3OS/c1-11-3-6-15(7-4-11)24-12(2)19(27)25-18-17(28-20(21)26-18)10-13-9-14(22)5-8-16(13)23/h3-9,12,24H,10H2,1-2H3,(H,25,27)/t12-/m1/s1. The van der Waals surface area contributed by atoms with Crippen LogP contribution >= 0.6 is 50.5 Å². The van der Waals surface area contributed by atoms with Crippen LogP contribution in [0.3, 0.4) is 0 Å². The molecular formula is C20H18BrCl2N3OS. The molecule has 0 saturated carbocycles. The molecule has 0 aliphatic rings. The summed E-state index contributed by atoms with van der Waals surface area (Å²) in [6.07, 6.45) is 0.526. The zero-order valence-corrected chi connectivity index (χ0v) is 19.1.